The fourth-order valence-corrected chi connectivity index (χ4v) is 3.53. The van der Waals surface area contributed by atoms with Crippen molar-refractivity contribution in [2.24, 2.45) is 0 Å². The highest BCUT2D eigenvalue weighted by Crippen LogP contribution is 2.33. The fourth-order valence-electron chi connectivity index (χ4n) is 2.56. The van der Waals surface area contributed by atoms with Crippen molar-refractivity contribution in [3.63, 3.8) is 0 Å². The Morgan fingerprint density at radius 2 is 2.30 bits per heavy atom. The quantitative estimate of drug-likeness (QED) is 0.662. The number of aromatic nitrogens is 3. The Hall–Kier alpha value is -1.06. The lowest BCUT2D eigenvalue weighted by atomic mass is 9.93. The lowest BCUT2D eigenvalue weighted by Gasteiger charge is -2.31. The second-order valence-corrected chi connectivity index (χ2v) is 7.28. The van der Waals surface area contributed by atoms with E-state index < -0.39 is 16.2 Å². The van der Waals surface area contributed by atoms with Gasteiger partial charge in [-0.05, 0) is 31.1 Å². The molecule has 0 radical (unpaired) electrons. The molecule has 7 nitrogen and oxygen atoms in total. The molecule has 3 rings (SSSR count). The lowest BCUT2D eigenvalue weighted by Crippen LogP contribution is -2.32. The first kappa shape index (κ1) is 13.9. The molecule has 9 heteroatoms. The predicted octanol–water partition coefficient (Wildman–Crippen LogP) is 1.21. The number of thioether (sulfide) groups is 1. The molecule has 0 amide bonds. The van der Waals surface area contributed by atoms with Crippen LogP contribution >= 0.6 is 11.8 Å². The van der Waals surface area contributed by atoms with Gasteiger partial charge in [0.2, 0.25) is 11.1 Å². The van der Waals surface area contributed by atoms with Crippen LogP contribution in [-0.4, -0.2) is 41.8 Å². The van der Waals surface area contributed by atoms with Crippen LogP contribution in [0.1, 0.15) is 19.3 Å². The van der Waals surface area contributed by atoms with Crippen LogP contribution in [-0.2, 0) is 20.8 Å². The van der Waals surface area contributed by atoms with Gasteiger partial charge in [-0.1, -0.05) is 11.8 Å². The van der Waals surface area contributed by atoms with Gasteiger partial charge in [-0.3, -0.25) is 4.18 Å². The first-order chi connectivity index (χ1) is 9.46. The Bertz CT molecular complexity index is 665. The van der Waals surface area contributed by atoms with Crippen molar-refractivity contribution in [1.29, 1.82) is 0 Å². The van der Waals surface area contributed by atoms with Crippen LogP contribution < -0.4 is 5.32 Å². The number of allylic oxidation sites excluding steroid dienone is 1. The Morgan fingerprint density at radius 1 is 1.50 bits per heavy atom. The third-order valence-corrected chi connectivity index (χ3v) is 4.48. The Labute approximate surface area is 121 Å². The van der Waals surface area contributed by atoms with Crippen LogP contribution in [0.2, 0.25) is 0 Å². The Morgan fingerprint density at radius 3 is 3.00 bits per heavy atom. The third kappa shape index (κ3) is 2.70. The number of anilines is 1. The van der Waals surface area contributed by atoms with Gasteiger partial charge in [-0.2, -0.15) is 13.4 Å². The van der Waals surface area contributed by atoms with E-state index in [9.17, 15) is 8.42 Å². The molecule has 1 aromatic heterocycles. The normalized spacial score (nSPS) is 22.2. The number of rotatable bonds is 3. The van der Waals surface area contributed by atoms with Crippen molar-refractivity contribution in [2.75, 3.05) is 17.8 Å². The molecule has 1 N–H and O–H groups in total. The predicted molar refractivity (Wildman–Crippen MR) is 76.0 cm³/mol. The van der Waals surface area contributed by atoms with E-state index in [4.69, 9.17) is 4.18 Å². The van der Waals surface area contributed by atoms with Crippen LogP contribution in [0.15, 0.2) is 16.4 Å². The summed E-state index contributed by atoms with van der Waals surface area (Å²) in [6, 6.07) is 0. The van der Waals surface area contributed by atoms with E-state index in [1.807, 2.05) is 10.9 Å². The highest BCUT2D eigenvalue weighted by molar-refractivity contribution is 7.98. The number of hydrogen-bond acceptors (Lipinski definition) is 7. The highest BCUT2D eigenvalue weighted by Gasteiger charge is 2.31. The molecular weight excluding hydrogens is 300 g/mol. The van der Waals surface area contributed by atoms with E-state index in [1.165, 1.54) is 11.8 Å². The van der Waals surface area contributed by atoms with Crippen molar-refractivity contribution < 1.29 is 12.6 Å². The zero-order chi connectivity index (χ0) is 14.3. The monoisotopic (exact) mass is 316 g/mol. The van der Waals surface area contributed by atoms with Crippen LogP contribution in [0.3, 0.4) is 0 Å². The number of hydrogen-bond donors (Lipinski definition) is 1. The number of nitrogens with zero attached hydrogens (tertiary/aromatic N) is 3. The van der Waals surface area contributed by atoms with Gasteiger partial charge in [0.15, 0.2) is 0 Å². The van der Waals surface area contributed by atoms with Crippen LogP contribution in [0, 0.1) is 0 Å². The molecule has 20 heavy (non-hydrogen) atoms. The van der Waals surface area contributed by atoms with Gasteiger partial charge >= 0.3 is 0 Å². The Balaban J connectivity index is 1.89. The second kappa shape index (κ2) is 5.05. The highest BCUT2D eigenvalue weighted by atomic mass is 32.2. The SMILES string of the molecule is CSc1nc2n(n1)CC1=C(N2)C(OS(C)(=O)=O)CCC1. The molecule has 1 aliphatic carbocycles. The average molecular weight is 316 g/mol. The van der Waals surface area contributed by atoms with Gasteiger partial charge in [0, 0.05) is 5.70 Å². The summed E-state index contributed by atoms with van der Waals surface area (Å²) in [5.74, 6) is 0.650. The maximum absolute atomic E-state index is 11.4. The van der Waals surface area contributed by atoms with Gasteiger partial charge in [0.25, 0.3) is 10.1 Å². The summed E-state index contributed by atoms with van der Waals surface area (Å²) < 4.78 is 29.7. The molecule has 1 aromatic rings. The first-order valence-corrected chi connectivity index (χ1v) is 9.36. The molecule has 0 aromatic carbocycles. The maximum atomic E-state index is 11.4. The topological polar surface area (TPSA) is 86.1 Å². The van der Waals surface area contributed by atoms with Gasteiger partial charge in [0.05, 0.1) is 12.8 Å². The molecule has 0 fully saturated rings. The summed E-state index contributed by atoms with van der Waals surface area (Å²) in [7, 11) is -3.47. The van der Waals surface area contributed by atoms with Crippen molar-refractivity contribution in [2.45, 2.75) is 37.1 Å². The fraction of sp³-hybridized carbons (Fsp3) is 0.636. The maximum Gasteiger partial charge on any atom is 0.265 e. The molecular formula is C11H16N4O3S2. The van der Waals surface area contributed by atoms with Crippen molar-refractivity contribution in [3.05, 3.63) is 11.3 Å². The molecule has 1 unspecified atom stereocenters. The zero-order valence-corrected chi connectivity index (χ0v) is 12.9. The first-order valence-electron chi connectivity index (χ1n) is 6.32. The van der Waals surface area contributed by atoms with Crippen molar-refractivity contribution >= 4 is 27.8 Å². The van der Waals surface area contributed by atoms with Crippen LogP contribution in [0.5, 0.6) is 0 Å². The zero-order valence-electron chi connectivity index (χ0n) is 11.3. The summed E-state index contributed by atoms with van der Waals surface area (Å²) in [5, 5.41) is 8.27. The standard InChI is InChI=1S/C11H16N4O3S2/c1-19-11-13-10-12-9-7(6-15(10)14-11)4-3-5-8(9)18-20(2,16)17/h8H,3-6H2,1-2H3,(H,12,13,14). The summed E-state index contributed by atoms with van der Waals surface area (Å²) in [6.45, 7) is 0.648. The van der Waals surface area contributed by atoms with Gasteiger partial charge in [-0.25, -0.2) is 4.68 Å². The van der Waals surface area contributed by atoms with Crippen molar-refractivity contribution in [3.8, 4) is 0 Å². The van der Waals surface area contributed by atoms with Crippen molar-refractivity contribution in [1.82, 2.24) is 14.8 Å². The third-order valence-electron chi connectivity index (χ3n) is 3.36. The molecule has 1 aliphatic heterocycles. The minimum atomic E-state index is -3.47. The molecule has 0 bridgehead atoms. The average Bonchev–Trinajstić information content (AvgIpc) is 2.77. The smallest absolute Gasteiger partial charge is 0.265 e. The molecule has 2 heterocycles. The summed E-state index contributed by atoms with van der Waals surface area (Å²) in [6.07, 6.45) is 5.11. The molecule has 1 atom stereocenters. The molecule has 0 saturated heterocycles. The van der Waals surface area contributed by atoms with Gasteiger partial charge in [-0.15, -0.1) is 5.10 Å². The van der Waals surface area contributed by atoms with E-state index in [-0.39, 0.29) is 0 Å². The van der Waals surface area contributed by atoms with E-state index in [2.05, 4.69) is 15.4 Å². The summed E-state index contributed by atoms with van der Waals surface area (Å²) in [5.41, 5.74) is 1.99. The van der Waals surface area contributed by atoms with Crippen LogP contribution in [0.4, 0.5) is 5.95 Å². The number of nitrogens with one attached hydrogen (secondary N) is 1. The number of fused-ring (bicyclic) bond motifs is 1. The summed E-state index contributed by atoms with van der Waals surface area (Å²) in [4.78, 5) is 4.36. The Kier molecular flexibility index (Phi) is 3.51. The van der Waals surface area contributed by atoms with E-state index in [1.54, 1.807) is 0 Å². The second-order valence-electron chi connectivity index (χ2n) is 4.90. The molecule has 0 saturated carbocycles. The lowest BCUT2D eigenvalue weighted by molar-refractivity contribution is 0.221. The van der Waals surface area contributed by atoms with E-state index >= 15 is 0 Å². The van der Waals surface area contributed by atoms with E-state index in [0.29, 0.717) is 24.1 Å². The van der Waals surface area contributed by atoms with Crippen LogP contribution in [0.25, 0.3) is 0 Å². The largest absolute Gasteiger partial charge is 0.325 e. The summed E-state index contributed by atoms with van der Waals surface area (Å²) >= 11 is 1.48. The minimum absolute atomic E-state index is 0.433. The van der Waals surface area contributed by atoms with Gasteiger partial charge in [0.1, 0.15) is 6.10 Å². The van der Waals surface area contributed by atoms with E-state index in [0.717, 1.165) is 30.4 Å². The molecule has 0 spiro atoms. The molecule has 110 valence electrons. The minimum Gasteiger partial charge on any atom is -0.325 e. The van der Waals surface area contributed by atoms with Gasteiger partial charge < -0.3 is 5.32 Å². The molecule has 2 aliphatic rings.